The first-order valence-corrected chi connectivity index (χ1v) is 8.60. The number of halogens is 1. The van der Waals surface area contributed by atoms with E-state index in [1.807, 2.05) is 4.68 Å². The zero-order valence-electron chi connectivity index (χ0n) is 11.0. The van der Waals surface area contributed by atoms with Crippen LogP contribution in [-0.2, 0) is 0 Å². The molecule has 2 atom stereocenters. The standard InChI is InChI=1S/C14H12IN5S/c15-10-5-3-9(4-6-10)11-8-12(13-2-1-7-21-13)20-14(16-11)17-18-19-20/h1-7,11-12H,8H2,(H,16,17,19). The Hall–Kier alpha value is -1.48. The molecule has 0 radical (unpaired) electrons. The van der Waals surface area contributed by atoms with Crippen molar-refractivity contribution < 1.29 is 0 Å². The highest BCUT2D eigenvalue weighted by atomic mass is 127. The molecule has 2 aromatic heterocycles. The molecule has 106 valence electrons. The van der Waals surface area contributed by atoms with Gasteiger partial charge >= 0.3 is 0 Å². The first-order chi connectivity index (χ1) is 10.3. The lowest BCUT2D eigenvalue weighted by Gasteiger charge is -2.30. The molecule has 1 aromatic carbocycles. The first kappa shape index (κ1) is 13.2. The van der Waals surface area contributed by atoms with Crippen LogP contribution in [-0.4, -0.2) is 20.2 Å². The van der Waals surface area contributed by atoms with Gasteiger partial charge in [-0.15, -0.1) is 11.3 Å². The summed E-state index contributed by atoms with van der Waals surface area (Å²) < 4.78 is 3.13. The van der Waals surface area contributed by atoms with Crippen molar-refractivity contribution in [3.63, 3.8) is 0 Å². The highest BCUT2D eigenvalue weighted by Crippen LogP contribution is 2.38. The number of fused-ring (bicyclic) bond motifs is 1. The average molecular weight is 409 g/mol. The largest absolute Gasteiger partial charge is 0.346 e. The maximum Gasteiger partial charge on any atom is 0.244 e. The third-order valence-corrected chi connectivity index (χ3v) is 5.39. The molecule has 0 bridgehead atoms. The molecule has 2 unspecified atom stereocenters. The molecule has 0 saturated carbocycles. The zero-order valence-corrected chi connectivity index (χ0v) is 14.0. The molecule has 0 amide bonds. The highest BCUT2D eigenvalue weighted by molar-refractivity contribution is 14.1. The smallest absolute Gasteiger partial charge is 0.244 e. The normalized spacial score (nSPS) is 20.8. The predicted octanol–water partition coefficient (Wildman–Crippen LogP) is 3.49. The molecule has 0 saturated heterocycles. The summed E-state index contributed by atoms with van der Waals surface area (Å²) >= 11 is 4.07. The van der Waals surface area contributed by atoms with Gasteiger partial charge < -0.3 is 5.32 Å². The molecule has 5 nitrogen and oxygen atoms in total. The number of hydrogen-bond donors (Lipinski definition) is 1. The number of benzene rings is 1. The number of anilines is 1. The highest BCUT2D eigenvalue weighted by Gasteiger charge is 2.31. The number of nitrogens with one attached hydrogen (secondary N) is 1. The van der Waals surface area contributed by atoms with Crippen molar-refractivity contribution in [2.45, 2.75) is 18.5 Å². The number of thiophene rings is 1. The van der Waals surface area contributed by atoms with Gasteiger partial charge in [-0.1, -0.05) is 23.3 Å². The van der Waals surface area contributed by atoms with Crippen LogP contribution in [0.15, 0.2) is 41.8 Å². The van der Waals surface area contributed by atoms with Gasteiger partial charge in [-0.25, -0.2) is 4.68 Å². The van der Waals surface area contributed by atoms with E-state index in [2.05, 4.69) is 85.2 Å². The quantitative estimate of drug-likeness (QED) is 0.659. The van der Waals surface area contributed by atoms with Gasteiger partial charge in [-0.3, -0.25) is 0 Å². The van der Waals surface area contributed by atoms with Gasteiger partial charge in [0, 0.05) is 8.45 Å². The summed E-state index contributed by atoms with van der Waals surface area (Å²) in [5, 5.41) is 17.6. The van der Waals surface area contributed by atoms with Gasteiger partial charge in [-0.05, 0) is 68.6 Å². The van der Waals surface area contributed by atoms with E-state index in [0.717, 1.165) is 12.4 Å². The fraction of sp³-hybridized carbons (Fsp3) is 0.214. The van der Waals surface area contributed by atoms with Crippen molar-refractivity contribution >= 4 is 39.9 Å². The number of nitrogens with zero attached hydrogens (tertiary/aromatic N) is 4. The second-order valence-electron chi connectivity index (χ2n) is 4.96. The molecule has 7 heteroatoms. The molecular formula is C14H12IN5S. The van der Waals surface area contributed by atoms with E-state index in [4.69, 9.17) is 0 Å². The third-order valence-electron chi connectivity index (χ3n) is 3.69. The maximum atomic E-state index is 4.13. The van der Waals surface area contributed by atoms with E-state index in [0.29, 0.717) is 0 Å². The van der Waals surface area contributed by atoms with Crippen molar-refractivity contribution in [2.75, 3.05) is 5.32 Å². The lowest BCUT2D eigenvalue weighted by molar-refractivity contribution is 0.429. The van der Waals surface area contributed by atoms with E-state index in [1.54, 1.807) is 11.3 Å². The molecule has 4 rings (SSSR count). The first-order valence-electron chi connectivity index (χ1n) is 6.64. The van der Waals surface area contributed by atoms with Crippen LogP contribution in [0.4, 0.5) is 5.95 Å². The van der Waals surface area contributed by atoms with Crippen molar-refractivity contribution in [1.82, 2.24) is 20.2 Å². The molecule has 0 fully saturated rings. The lowest BCUT2D eigenvalue weighted by atomic mass is 9.97. The maximum absolute atomic E-state index is 4.13. The monoisotopic (exact) mass is 409 g/mol. The van der Waals surface area contributed by atoms with Gasteiger partial charge in [0.1, 0.15) is 0 Å². The van der Waals surface area contributed by atoms with Crippen LogP contribution in [0.3, 0.4) is 0 Å². The number of aromatic nitrogens is 4. The summed E-state index contributed by atoms with van der Waals surface area (Å²) in [6.07, 6.45) is 0.944. The summed E-state index contributed by atoms with van der Waals surface area (Å²) in [6, 6.07) is 13.3. The minimum atomic E-state index is 0.195. The molecule has 1 aliphatic heterocycles. The second-order valence-corrected chi connectivity index (χ2v) is 7.19. The lowest BCUT2D eigenvalue weighted by Crippen LogP contribution is -2.27. The Bertz CT molecular complexity index is 737. The summed E-state index contributed by atoms with van der Waals surface area (Å²) in [5.74, 6) is 0.739. The average Bonchev–Trinajstić information content (AvgIpc) is 3.18. The minimum Gasteiger partial charge on any atom is -0.346 e. The summed E-state index contributed by atoms with van der Waals surface area (Å²) in [6.45, 7) is 0. The molecule has 3 aromatic rings. The molecule has 0 spiro atoms. The minimum absolute atomic E-state index is 0.195. The van der Waals surface area contributed by atoms with Crippen molar-refractivity contribution in [3.8, 4) is 0 Å². The second kappa shape index (κ2) is 5.38. The van der Waals surface area contributed by atoms with Crippen LogP contribution >= 0.6 is 33.9 Å². The number of tetrazole rings is 1. The van der Waals surface area contributed by atoms with E-state index in [9.17, 15) is 0 Å². The third kappa shape index (κ3) is 2.44. The molecule has 3 heterocycles. The van der Waals surface area contributed by atoms with E-state index >= 15 is 0 Å². The Labute approximate surface area is 139 Å². The van der Waals surface area contributed by atoms with Gasteiger partial charge in [0.25, 0.3) is 0 Å². The van der Waals surface area contributed by atoms with E-state index in [-0.39, 0.29) is 12.1 Å². The molecule has 1 N–H and O–H groups in total. The van der Waals surface area contributed by atoms with Crippen LogP contribution < -0.4 is 5.32 Å². The van der Waals surface area contributed by atoms with Crippen LogP contribution in [0.5, 0.6) is 0 Å². The molecule has 0 aliphatic carbocycles. The summed E-state index contributed by atoms with van der Waals surface area (Å²) in [4.78, 5) is 1.29. The Balaban J connectivity index is 1.72. The molecule has 21 heavy (non-hydrogen) atoms. The Morgan fingerprint density at radius 3 is 2.86 bits per heavy atom. The Morgan fingerprint density at radius 1 is 1.24 bits per heavy atom. The Morgan fingerprint density at radius 2 is 2.10 bits per heavy atom. The van der Waals surface area contributed by atoms with Crippen LogP contribution in [0, 0.1) is 3.57 Å². The van der Waals surface area contributed by atoms with Crippen LogP contribution in [0.2, 0.25) is 0 Å². The van der Waals surface area contributed by atoms with Gasteiger partial charge in [0.15, 0.2) is 0 Å². The van der Waals surface area contributed by atoms with Gasteiger partial charge in [0.05, 0.1) is 12.1 Å². The molecule has 1 aliphatic rings. The topological polar surface area (TPSA) is 55.6 Å². The van der Waals surface area contributed by atoms with Crippen molar-refractivity contribution in [3.05, 3.63) is 55.8 Å². The van der Waals surface area contributed by atoms with Gasteiger partial charge in [0.2, 0.25) is 5.95 Å². The van der Waals surface area contributed by atoms with Crippen molar-refractivity contribution in [2.24, 2.45) is 0 Å². The summed E-state index contributed by atoms with van der Waals surface area (Å²) in [5.41, 5.74) is 1.27. The summed E-state index contributed by atoms with van der Waals surface area (Å²) in [7, 11) is 0. The van der Waals surface area contributed by atoms with Crippen molar-refractivity contribution in [1.29, 1.82) is 0 Å². The number of rotatable bonds is 2. The van der Waals surface area contributed by atoms with Crippen LogP contribution in [0.25, 0.3) is 0 Å². The molecular weight excluding hydrogens is 397 g/mol. The fourth-order valence-corrected chi connectivity index (χ4v) is 3.85. The predicted molar refractivity (Wildman–Crippen MR) is 90.4 cm³/mol. The SMILES string of the molecule is Ic1ccc(C2CC(c3cccs3)n3nnnc3N2)cc1. The van der Waals surface area contributed by atoms with E-state index < -0.39 is 0 Å². The van der Waals surface area contributed by atoms with Gasteiger partial charge in [-0.2, -0.15) is 0 Å². The van der Waals surface area contributed by atoms with Crippen LogP contribution in [0.1, 0.15) is 28.9 Å². The van der Waals surface area contributed by atoms with E-state index in [1.165, 1.54) is 14.0 Å². The zero-order chi connectivity index (χ0) is 14.2. The fourth-order valence-electron chi connectivity index (χ4n) is 2.67. The Kier molecular flexibility index (Phi) is 3.38. The number of hydrogen-bond acceptors (Lipinski definition) is 5.